The molecule has 1 amide bonds. The van der Waals surface area contributed by atoms with Gasteiger partial charge in [-0.3, -0.25) is 4.79 Å². The van der Waals surface area contributed by atoms with Crippen LogP contribution in [0.15, 0.2) is 53.0 Å². The van der Waals surface area contributed by atoms with E-state index in [2.05, 4.69) is 27.6 Å². The van der Waals surface area contributed by atoms with Crippen LogP contribution in [0.3, 0.4) is 0 Å². The molecule has 0 bridgehead atoms. The molecule has 0 fully saturated rings. The summed E-state index contributed by atoms with van der Waals surface area (Å²) in [6.45, 7) is 2.02. The third kappa shape index (κ3) is 4.86. The van der Waals surface area contributed by atoms with E-state index in [0.717, 1.165) is 17.7 Å². The number of rotatable bonds is 8. The van der Waals surface area contributed by atoms with E-state index in [0.29, 0.717) is 11.0 Å². The van der Waals surface area contributed by atoms with Gasteiger partial charge < -0.3 is 11.2 Å². The lowest BCUT2D eigenvalue weighted by Crippen LogP contribution is -2.34. The molecule has 1 unspecified atom stereocenters. The molecular weight excluding hydrogens is 366 g/mol. The third-order valence-corrected chi connectivity index (χ3v) is 5.66. The molecule has 0 aliphatic heterocycles. The van der Waals surface area contributed by atoms with E-state index >= 15 is 0 Å². The zero-order chi connectivity index (χ0) is 18.4. The van der Waals surface area contributed by atoms with E-state index in [1.54, 1.807) is 11.3 Å². The Morgan fingerprint density at radius 2 is 2.08 bits per heavy atom. The predicted molar refractivity (Wildman–Crippen MR) is 107 cm³/mol. The number of nitrogens with zero attached hydrogens (tertiary/aromatic N) is 3. The summed E-state index contributed by atoms with van der Waals surface area (Å²) in [5.41, 5.74) is 1.28. The summed E-state index contributed by atoms with van der Waals surface area (Å²) >= 11 is 2.83. The second-order valence-electron chi connectivity index (χ2n) is 5.93. The molecule has 1 aromatic carbocycles. The van der Waals surface area contributed by atoms with Crippen LogP contribution in [0.2, 0.25) is 0 Å². The maximum atomic E-state index is 12.2. The summed E-state index contributed by atoms with van der Waals surface area (Å²) in [5, 5.41) is 13.7. The Hall–Kier alpha value is -2.32. The smallest absolute Gasteiger partial charge is 0.230 e. The van der Waals surface area contributed by atoms with E-state index in [1.807, 2.05) is 42.6 Å². The molecule has 136 valence electrons. The van der Waals surface area contributed by atoms with Crippen LogP contribution in [0, 0.1) is 0 Å². The van der Waals surface area contributed by atoms with E-state index < -0.39 is 0 Å². The van der Waals surface area contributed by atoms with Gasteiger partial charge in [-0.2, -0.15) is 0 Å². The molecule has 3 aromatic rings. The lowest BCUT2D eigenvalue weighted by Gasteiger charge is -2.13. The first-order chi connectivity index (χ1) is 12.6. The van der Waals surface area contributed by atoms with E-state index in [-0.39, 0.29) is 17.7 Å². The summed E-state index contributed by atoms with van der Waals surface area (Å²) in [6.07, 6.45) is 1.84. The summed E-state index contributed by atoms with van der Waals surface area (Å²) < 4.78 is 1.43. The van der Waals surface area contributed by atoms with Crippen molar-refractivity contribution in [2.75, 3.05) is 11.6 Å². The summed E-state index contributed by atoms with van der Waals surface area (Å²) in [7, 11) is 0. The molecule has 26 heavy (non-hydrogen) atoms. The molecular formula is C18H21N5OS2. The average molecular weight is 388 g/mol. The van der Waals surface area contributed by atoms with Gasteiger partial charge in [-0.15, -0.1) is 21.5 Å². The Kier molecular flexibility index (Phi) is 6.30. The van der Waals surface area contributed by atoms with Crippen molar-refractivity contribution in [3.63, 3.8) is 0 Å². The van der Waals surface area contributed by atoms with Crippen LogP contribution in [-0.4, -0.2) is 32.6 Å². The van der Waals surface area contributed by atoms with Crippen molar-refractivity contribution in [3.05, 3.63) is 53.4 Å². The second-order valence-corrected chi connectivity index (χ2v) is 7.83. The molecule has 0 spiro atoms. The minimum Gasteiger partial charge on any atom is -0.353 e. The molecule has 1 atom stereocenters. The van der Waals surface area contributed by atoms with Crippen molar-refractivity contribution in [1.82, 2.24) is 20.2 Å². The van der Waals surface area contributed by atoms with Gasteiger partial charge in [-0.1, -0.05) is 48.2 Å². The number of hydrogen-bond acceptors (Lipinski definition) is 6. The van der Waals surface area contributed by atoms with Crippen LogP contribution in [0.4, 0.5) is 0 Å². The van der Waals surface area contributed by atoms with E-state index in [9.17, 15) is 4.79 Å². The van der Waals surface area contributed by atoms with Crippen LogP contribution >= 0.6 is 23.1 Å². The first kappa shape index (κ1) is 18.5. The topological polar surface area (TPSA) is 85.8 Å². The number of aryl methyl sites for hydroxylation is 1. The van der Waals surface area contributed by atoms with Crippen LogP contribution in [0.1, 0.15) is 18.9 Å². The SMILES string of the molecule is CC(CCc1ccccc1)NC(=O)CSc1nnc(-c2cccs2)n1N. The quantitative estimate of drug-likeness (QED) is 0.458. The van der Waals surface area contributed by atoms with Gasteiger partial charge >= 0.3 is 0 Å². The largest absolute Gasteiger partial charge is 0.353 e. The van der Waals surface area contributed by atoms with Gasteiger partial charge in [0.05, 0.1) is 10.6 Å². The predicted octanol–water partition coefficient (Wildman–Crippen LogP) is 2.95. The molecule has 0 aliphatic carbocycles. The first-order valence-electron chi connectivity index (χ1n) is 8.34. The highest BCUT2D eigenvalue weighted by Crippen LogP contribution is 2.24. The van der Waals surface area contributed by atoms with E-state index in [4.69, 9.17) is 5.84 Å². The normalized spacial score (nSPS) is 12.0. The molecule has 0 saturated heterocycles. The standard InChI is InChI=1S/C18H21N5OS2/c1-13(9-10-14-6-3-2-4-7-14)20-16(24)12-26-18-22-21-17(23(18)19)15-8-5-11-25-15/h2-8,11,13H,9-10,12,19H2,1H3,(H,20,24). The third-order valence-electron chi connectivity index (χ3n) is 3.85. The number of amides is 1. The number of benzene rings is 1. The lowest BCUT2D eigenvalue weighted by atomic mass is 10.1. The Morgan fingerprint density at radius 1 is 1.27 bits per heavy atom. The molecule has 3 N–H and O–H groups in total. The maximum absolute atomic E-state index is 12.2. The maximum Gasteiger partial charge on any atom is 0.230 e. The van der Waals surface area contributed by atoms with Gasteiger partial charge in [0.15, 0.2) is 5.82 Å². The molecule has 0 radical (unpaired) electrons. The highest BCUT2D eigenvalue weighted by Gasteiger charge is 2.15. The van der Waals surface area contributed by atoms with Crippen LogP contribution in [0.25, 0.3) is 10.7 Å². The number of nitrogen functional groups attached to an aromatic ring is 1. The minimum absolute atomic E-state index is 0.0313. The zero-order valence-electron chi connectivity index (χ0n) is 14.5. The molecule has 8 heteroatoms. The molecule has 3 rings (SSSR count). The van der Waals surface area contributed by atoms with Gasteiger partial charge in [-0.25, -0.2) is 4.68 Å². The second kappa shape index (κ2) is 8.86. The van der Waals surface area contributed by atoms with Crippen LogP contribution < -0.4 is 11.2 Å². The van der Waals surface area contributed by atoms with Crippen molar-refractivity contribution in [1.29, 1.82) is 0 Å². The van der Waals surface area contributed by atoms with Crippen molar-refractivity contribution < 1.29 is 4.79 Å². The number of hydrogen-bond donors (Lipinski definition) is 2. The highest BCUT2D eigenvalue weighted by atomic mass is 32.2. The van der Waals surface area contributed by atoms with Gasteiger partial charge in [0.2, 0.25) is 11.1 Å². The number of carbonyl (C=O) groups excluding carboxylic acids is 1. The Balaban J connectivity index is 1.45. The van der Waals surface area contributed by atoms with Crippen molar-refractivity contribution in [2.24, 2.45) is 0 Å². The number of thiophene rings is 1. The van der Waals surface area contributed by atoms with Crippen LogP contribution in [-0.2, 0) is 11.2 Å². The van der Waals surface area contributed by atoms with Gasteiger partial charge in [0, 0.05) is 6.04 Å². The molecule has 2 heterocycles. The minimum atomic E-state index is -0.0313. The molecule has 0 saturated carbocycles. The van der Waals surface area contributed by atoms with E-state index in [1.165, 1.54) is 22.0 Å². The average Bonchev–Trinajstić information content (AvgIpc) is 3.29. The summed E-state index contributed by atoms with van der Waals surface area (Å²) in [5.74, 6) is 6.88. The Labute approximate surface area is 160 Å². The monoisotopic (exact) mass is 387 g/mol. The number of nitrogens with one attached hydrogen (secondary N) is 1. The van der Waals surface area contributed by atoms with Crippen molar-refractivity contribution in [3.8, 4) is 10.7 Å². The first-order valence-corrected chi connectivity index (χ1v) is 10.2. The number of aromatic nitrogens is 3. The highest BCUT2D eigenvalue weighted by molar-refractivity contribution is 7.99. The fraction of sp³-hybridized carbons (Fsp3) is 0.278. The summed E-state index contributed by atoms with van der Waals surface area (Å²) in [4.78, 5) is 13.1. The Morgan fingerprint density at radius 3 is 2.81 bits per heavy atom. The van der Waals surface area contributed by atoms with Gasteiger partial charge in [0.25, 0.3) is 0 Å². The molecule has 6 nitrogen and oxygen atoms in total. The number of carbonyl (C=O) groups is 1. The van der Waals surface area contributed by atoms with Gasteiger partial charge in [-0.05, 0) is 36.8 Å². The fourth-order valence-electron chi connectivity index (χ4n) is 2.50. The number of nitrogens with two attached hydrogens (primary N) is 1. The fourth-order valence-corrected chi connectivity index (χ4v) is 3.87. The van der Waals surface area contributed by atoms with Gasteiger partial charge in [0.1, 0.15) is 0 Å². The lowest BCUT2D eigenvalue weighted by molar-refractivity contribution is -0.119. The van der Waals surface area contributed by atoms with Crippen molar-refractivity contribution >= 4 is 29.0 Å². The van der Waals surface area contributed by atoms with Crippen LogP contribution in [0.5, 0.6) is 0 Å². The molecule has 0 aliphatic rings. The van der Waals surface area contributed by atoms with Crippen molar-refractivity contribution in [2.45, 2.75) is 31.0 Å². The summed E-state index contributed by atoms with van der Waals surface area (Å²) in [6, 6.07) is 14.3. The molecule has 2 aromatic heterocycles. The number of thioether (sulfide) groups is 1. The Bertz CT molecular complexity index is 833. The zero-order valence-corrected chi connectivity index (χ0v) is 16.1.